The minimum atomic E-state index is -0.398. The number of esters is 1. The van der Waals surface area contributed by atoms with Crippen LogP contribution in [-0.2, 0) is 9.53 Å². The van der Waals surface area contributed by atoms with E-state index >= 15 is 0 Å². The molecule has 0 aliphatic rings. The molecule has 0 radical (unpaired) electrons. The molecule has 0 aromatic carbocycles. The van der Waals surface area contributed by atoms with Crippen LogP contribution in [0.3, 0.4) is 0 Å². The van der Waals surface area contributed by atoms with Gasteiger partial charge in [-0.2, -0.15) is 0 Å². The second-order valence-corrected chi connectivity index (χ2v) is 5.40. The zero-order chi connectivity index (χ0) is 14.3. The van der Waals surface area contributed by atoms with E-state index in [1.165, 1.54) is 38.5 Å². The summed E-state index contributed by atoms with van der Waals surface area (Å²) < 4.78 is 5.18. The number of ether oxygens (including phenoxy) is 1. The Labute approximate surface area is 119 Å². The molecule has 0 rings (SSSR count). The van der Waals surface area contributed by atoms with Crippen LogP contribution in [0.1, 0.15) is 90.9 Å². The lowest BCUT2D eigenvalue weighted by atomic mass is 10.1. The van der Waals surface area contributed by atoms with Crippen molar-refractivity contribution < 1.29 is 9.53 Å². The Balaban J connectivity index is 3.33. The molecule has 2 N–H and O–H groups in total. The van der Waals surface area contributed by atoms with Gasteiger partial charge in [0.05, 0.1) is 0 Å². The van der Waals surface area contributed by atoms with Gasteiger partial charge in [-0.25, -0.2) is 0 Å². The van der Waals surface area contributed by atoms with Gasteiger partial charge in [-0.3, -0.25) is 10.5 Å². The summed E-state index contributed by atoms with van der Waals surface area (Å²) in [5.41, 5.74) is 5.80. The van der Waals surface area contributed by atoms with Gasteiger partial charge < -0.3 is 4.74 Å². The minimum absolute atomic E-state index is 0.135. The van der Waals surface area contributed by atoms with Gasteiger partial charge in [0.1, 0.15) is 0 Å². The summed E-state index contributed by atoms with van der Waals surface area (Å²) in [6.45, 7) is 4.35. The van der Waals surface area contributed by atoms with Gasteiger partial charge in [0.25, 0.3) is 0 Å². The van der Waals surface area contributed by atoms with Gasteiger partial charge >= 0.3 is 5.97 Å². The van der Waals surface area contributed by atoms with Crippen LogP contribution in [0.15, 0.2) is 0 Å². The molecule has 114 valence electrons. The average molecular weight is 271 g/mol. The maximum absolute atomic E-state index is 11.4. The second-order valence-electron chi connectivity index (χ2n) is 5.40. The smallest absolute Gasteiger partial charge is 0.307 e. The number of unbranched alkanes of at least 4 members (excludes halogenated alkanes) is 8. The van der Waals surface area contributed by atoms with Crippen LogP contribution in [0, 0.1) is 0 Å². The molecule has 1 atom stereocenters. The van der Waals surface area contributed by atoms with Crippen LogP contribution >= 0.6 is 0 Å². The Bertz CT molecular complexity index is 207. The predicted octanol–water partition coefficient (Wildman–Crippen LogP) is 4.54. The third-order valence-corrected chi connectivity index (χ3v) is 3.36. The van der Waals surface area contributed by atoms with E-state index in [2.05, 4.69) is 13.8 Å². The van der Waals surface area contributed by atoms with Crippen LogP contribution < -0.4 is 5.73 Å². The molecular weight excluding hydrogens is 238 g/mol. The average Bonchev–Trinajstić information content (AvgIpc) is 2.38. The Morgan fingerprint density at radius 2 is 1.42 bits per heavy atom. The first-order valence-electron chi connectivity index (χ1n) is 8.15. The van der Waals surface area contributed by atoms with Crippen LogP contribution in [0.4, 0.5) is 0 Å². The lowest BCUT2D eigenvalue weighted by molar-refractivity contribution is -0.149. The van der Waals surface area contributed by atoms with Crippen molar-refractivity contribution in [2.75, 3.05) is 0 Å². The molecule has 0 heterocycles. The molecule has 1 unspecified atom stereocenters. The first-order chi connectivity index (χ1) is 9.20. The van der Waals surface area contributed by atoms with Crippen molar-refractivity contribution in [1.29, 1.82) is 0 Å². The second kappa shape index (κ2) is 13.9. The molecule has 0 amide bonds. The quantitative estimate of drug-likeness (QED) is 0.304. The Morgan fingerprint density at radius 1 is 0.895 bits per heavy atom. The summed E-state index contributed by atoms with van der Waals surface area (Å²) in [5.74, 6) is -0.135. The van der Waals surface area contributed by atoms with Crippen molar-refractivity contribution in [3.63, 3.8) is 0 Å². The molecule has 0 fully saturated rings. The van der Waals surface area contributed by atoms with E-state index in [1.807, 2.05) is 0 Å². The maximum Gasteiger partial charge on any atom is 0.307 e. The van der Waals surface area contributed by atoms with Crippen LogP contribution in [0.5, 0.6) is 0 Å². The maximum atomic E-state index is 11.4. The van der Waals surface area contributed by atoms with E-state index in [0.29, 0.717) is 6.42 Å². The predicted molar refractivity (Wildman–Crippen MR) is 80.8 cm³/mol. The zero-order valence-electron chi connectivity index (χ0n) is 13.0. The number of rotatable bonds is 13. The summed E-state index contributed by atoms with van der Waals surface area (Å²) in [6.07, 6.45) is 12.9. The summed E-state index contributed by atoms with van der Waals surface area (Å²) in [5, 5.41) is 0. The first kappa shape index (κ1) is 18.4. The fraction of sp³-hybridized carbons (Fsp3) is 0.938. The molecular formula is C16H33NO2. The van der Waals surface area contributed by atoms with E-state index < -0.39 is 6.23 Å². The number of hydrogen-bond acceptors (Lipinski definition) is 3. The van der Waals surface area contributed by atoms with E-state index in [9.17, 15) is 4.79 Å². The van der Waals surface area contributed by atoms with Gasteiger partial charge in [-0.15, -0.1) is 0 Å². The topological polar surface area (TPSA) is 52.3 Å². The van der Waals surface area contributed by atoms with Gasteiger partial charge in [-0.1, -0.05) is 65.2 Å². The largest absolute Gasteiger partial charge is 0.447 e. The van der Waals surface area contributed by atoms with Crippen molar-refractivity contribution in [2.45, 2.75) is 97.1 Å². The minimum Gasteiger partial charge on any atom is -0.447 e. The standard InChI is InChI=1S/C16H33NO2/c1-3-5-7-8-9-10-12-13-15(17)19-16(18)14-11-6-4-2/h15H,3-14,17H2,1-2H3. The van der Waals surface area contributed by atoms with E-state index in [1.54, 1.807) is 0 Å². The van der Waals surface area contributed by atoms with Crippen molar-refractivity contribution in [3.8, 4) is 0 Å². The highest BCUT2D eigenvalue weighted by molar-refractivity contribution is 5.69. The highest BCUT2D eigenvalue weighted by Crippen LogP contribution is 2.10. The van der Waals surface area contributed by atoms with Crippen LogP contribution in [0.2, 0.25) is 0 Å². The molecule has 19 heavy (non-hydrogen) atoms. The van der Waals surface area contributed by atoms with Crippen LogP contribution in [0.25, 0.3) is 0 Å². The van der Waals surface area contributed by atoms with Crippen molar-refractivity contribution >= 4 is 5.97 Å². The number of nitrogens with two attached hydrogens (primary N) is 1. The highest BCUT2D eigenvalue weighted by atomic mass is 16.6. The van der Waals surface area contributed by atoms with Gasteiger partial charge in [0.15, 0.2) is 6.23 Å². The van der Waals surface area contributed by atoms with Crippen LogP contribution in [-0.4, -0.2) is 12.2 Å². The molecule has 0 aromatic heterocycles. The SMILES string of the molecule is CCCCCCCCCC(N)OC(=O)CCCCC. The lowest BCUT2D eigenvalue weighted by Crippen LogP contribution is -2.26. The fourth-order valence-corrected chi connectivity index (χ4v) is 2.11. The summed E-state index contributed by atoms with van der Waals surface area (Å²) >= 11 is 0. The fourth-order valence-electron chi connectivity index (χ4n) is 2.11. The highest BCUT2D eigenvalue weighted by Gasteiger charge is 2.08. The van der Waals surface area contributed by atoms with Gasteiger partial charge in [0.2, 0.25) is 0 Å². The summed E-state index contributed by atoms with van der Waals surface area (Å²) in [7, 11) is 0. The monoisotopic (exact) mass is 271 g/mol. The first-order valence-corrected chi connectivity index (χ1v) is 8.15. The molecule has 0 saturated carbocycles. The van der Waals surface area contributed by atoms with E-state index in [0.717, 1.165) is 32.1 Å². The molecule has 3 nitrogen and oxygen atoms in total. The van der Waals surface area contributed by atoms with Crippen molar-refractivity contribution in [2.24, 2.45) is 5.73 Å². The summed E-state index contributed by atoms with van der Waals surface area (Å²) in [6, 6.07) is 0. The van der Waals surface area contributed by atoms with E-state index in [-0.39, 0.29) is 5.97 Å². The third-order valence-electron chi connectivity index (χ3n) is 3.36. The molecule has 0 spiro atoms. The number of carbonyl (C=O) groups excluding carboxylic acids is 1. The molecule has 0 aliphatic carbocycles. The van der Waals surface area contributed by atoms with Crippen molar-refractivity contribution in [3.05, 3.63) is 0 Å². The van der Waals surface area contributed by atoms with Gasteiger partial charge in [0, 0.05) is 6.42 Å². The molecule has 3 heteroatoms. The lowest BCUT2D eigenvalue weighted by Gasteiger charge is -2.12. The molecule has 0 aliphatic heterocycles. The normalized spacial score (nSPS) is 12.4. The van der Waals surface area contributed by atoms with Gasteiger partial charge in [-0.05, 0) is 19.3 Å². The molecule has 0 bridgehead atoms. The third kappa shape index (κ3) is 13.7. The number of carbonyl (C=O) groups is 1. The molecule has 0 aromatic rings. The number of hydrogen-bond donors (Lipinski definition) is 1. The summed E-state index contributed by atoms with van der Waals surface area (Å²) in [4.78, 5) is 11.4. The van der Waals surface area contributed by atoms with E-state index in [4.69, 9.17) is 10.5 Å². The Morgan fingerprint density at radius 3 is 2.05 bits per heavy atom. The van der Waals surface area contributed by atoms with Crippen molar-refractivity contribution in [1.82, 2.24) is 0 Å². The Hall–Kier alpha value is -0.570. The zero-order valence-corrected chi connectivity index (χ0v) is 13.0. The Kier molecular flexibility index (Phi) is 13.4. The molecule has 0 saturated heterocycles.